The molecule has 0 radical (unpaired) electrons. The molecule has 0 heterocycles. The SMILES string of the molecule is CCCCCCCCCCCCCCCCCOS(=O)(=O)c1cc(Sc2ccc(O)cc2)cc(S(=O)(=O)OCCCCCCCCCCCCCC)c1. The molecule has 0 aliphatic carbocycles. The van der Waals surface area contributed by atoms with Crippen molar-refractivity contribution in [3.63, 3.8) is 0 Å². The molecule has 0 saturated carbocycles. The summed E-state index contributed by atoms with van der Waals surface area (Å²) in [4.78, 5) is 0.709. The van der Waals surface area contributed by atoms with E-state index in [-0.39, 0.29) is 28.8 Å². The Balaban J connectivity index is 1.80. The van der Waals surface area contributed by atoms with E-state index in [0.717, 1.165) is 49.5 Å². The Kier molecular flexibility index (Phi) is 26.6. The van der Waals surface area contributed by atoms with Crippen LogP contribution in [0.3, 0.4) is 0 Å². The fraction of sp³-hybridized carbons (Fsp3) is 0.721. The van der Waals surface area contributed by atoms with E-state index >= 15 is 0 Å². The molecule has 2 rings (SSSR count). The predicted octanol–water partition coefficient (Wildman–Crippen LogP) is 13.5. The third-order valence-corrected chi connectivity index (χ3v) is 13.3. The average molecular weight is 797 g/mol. The first-order valence-corrected chi connectivity index (χ1v) is 24.7. The van der Waals surface area contributed by atoms with Crippen molar-refractivity contribution in [2.75, 3.05) is 13.2 Å². The van der Waals surface area contributed by atoms with Crippen molar-refractivity contribution in [1.82, 2.24) is 0 Å². The van der Waals surface area contributed by atoms with Crippen LogP contribution in [0.15, 0.2) is 62.0 Å². The number of rotatable bonds is 35. The number of phenols is 1. The third kappa shape index (κ3) is 23.2. The highest BCUT2D eigenvalue weighted by Crippen LogP contribution is 2.33. The fourth-order valence-corrected chi connectivity index (χ4v) is 9.61. The zero-order valence-electron chi connectivity index (χ0n) is 33.2. The molecule has 0 fully saturated rings. The second kappa shape index (κ2) is 29.7. The summed E-state index contributed by atoms with van der Waals surface area (Å²) in [5.74, 6) is 0.104. The maximum absolute atomic E-state index is 13.3. The molecule has 0 saturated heterocycles. The van der Waals surface area contributed by atoms with Gasteiger partial charge in [-0.2, -0.15) is 16.8 Å². The van der Waals surface area contributed by atoms with E-state index in [9.17, 15) is 21.9 Å². The first-order valence-electron chi connectivity index (χ1n) is 21.1. The van der Waals surface area contributed by atoms with Gasteiger partial charge in [0.25, 0.3) is 20.2 Å². The monoisotopic (exact) mass is 796 g/mol. The quantitative estimate of drug-likeness (QED) is 0.0543. The molecule has 0 amide bonds. The average Bonchev–Trinajstić information content (AvgIpc) is 3.14. The van der Waals surface area contributed by atoms with E-state index in [4.69, 9.17) is 8.37 Å². The molecule has 0 spiro atoms. The molecule has 2 aromatic rings. The Morgan fingerprint density at radius 3 is 1.06 bits per heavy atom. The lowest BCUT2D eigenvalue weighted by molar-refractivity contribution is 0.305. The summed E-state index contributed by atoms with van der Waals surface area (Å²) in [6.45, 7) is 4.59. The Labute approximate surface area is 329 Å². The van der Waals surface area contributed by atoms with E-state index in [1.807, 2.05) is 0 Å². The summed E-state index contributed by atoms with van der Waals surface area (Å²) in [6.07, 6.45) is 32.3. The largest absolute Gasteiger partial charge is 0.508 e. The van der Waals surface area contributed by atoms with Crippen molar-refractivity contribution in [3.8, 4) is 5.75 Å². The number of benzene rings is 2. The lowest BCUT2D eigenvalue weighted by Gasteiger charge is -2.12. The van der Waals surface area contributed by atoms with Crippen LogP contribution >= 0.6 is 11.8 Å². The maximum atomic E-state index is 13.3. The van der Waals surface area contributed by atoms with Gasteiger partial charge in [0, 0.05) is 9.79 Å². The van der Waals surface area contributed by atoms with Crippen LogP contribution in [0.25, 0.3) is 0 Å². The molecule has 7 nitrogen and oxygen atoms in total. The smallest absolute Gasteiger partial charge is 0.297 e. The minimum absolute atomic E-state index is 0.0485. The minimum Gasteiger partial charge on any atom is -0.508 e. The van der Waals surface area contributed by atoms with Crippen molar-refractivity contribution in [2.45, 2.75) is 207 Å². The van der Waals surface area contributed by atoms with Crippen LogP contribution in [0.1, 0.15) is 187 Å². The molecular weight excluding hydrogens is 725 g/mol. The highest BCUT2D eigenvalue weighted by atomic mass is 32.2. The predicted molar refractivity (Wildman–Crippen MR) is 221 cm³/mol. The molecule has 1 N–H and O–H groups in total. The van der Waals surface area contributed by atoms with E-state index < -0.39 is 20.2 Å². The van der Waals surface area contributed by atoms with Crippen molar-refractivity contribution in [1.29, 1.82) is 0 Å². The van der Waals surface area contributed by atoms with Gasteiger partial charge in [-0.15, -0.1) is 0 Å². The van der Waals surface area contributed by atoms with Crippen LogP contribution in [0.5, 0.6) is 5.75 Å². The highest BCUT2D eigenvalue weighted by Gasteiger charge is 2.23. The van der Waals surface area contributed by atoms with E-state index in [1.54, 1.807) is 12.1 Å². The summed E-state index contributed by atoms with van der Waals surface area (Å²) >= 11 is 1.20. The minimum atomic E-state index is -4.21. The van der Waals surface area contributed by atoms with Gasteiger partial charge in [0.05, 0.1) is 23.0 Å². The molecule has 0 atom stereocenters. The molecule has 304 valence electrons. The van der Waals surface area contributed by atoms with Gasteiger partial charge in [-0.1, -0.05) is 186 Å². The summed E-state index contributed by atoms with van der Waals surface area (Å²) < 4.78 is 63.9. The Hall–Kier alpha value is -1.59. The Bertz CT molecular complexity index is 1410. The first-order chi connectivity index (χ1) is 25.7. The fourth-order valence-electron chi connectivity index (χ4n) is 6.43. The van der Waals surface area contributed by atoms with Gasteiger partial charge in [-0.3, -0.25) is 8.37 Å². The van der Waals surface area contributed by atoms with Crippen LogP contribution < -0.4 is 0 Å². The second-order valence-corrected chi connectivity index (χ2v) is 19.0. The topological polar surface area (TPSA) is 107 Å². The maximum Gasteiger partial charge on any atom is 0.297 e. The molecule has 0 aliphatic heterocycles. The lowest BCUT2D eigenvalue weighted by atomic mass is 10.0. The molecule has 0 bridgehead atoms. The van der Waals surface area contributed by atoms with Gasteiger partial charge in [0.2, 0.25) is 0 Å². The van der Waals surface area contributed by atoms with E-state index in [1.165, 1.54) is 158 Å². The van der Waals surface area contributed by atoms with Gasteiger partial charge < -0.3 is 5.11 Å². The molecule has 10 heteroatoms. The molecule has 2 aromatic carbocycles. The van der Waals surface area contributed by atoms with Gasteiger partial charge in [0.15, 0.2) is 0 Å². The number of hydrogen-bond donors (Lipinski definition) is 1. The zero-order valence-corrected chi connectivity index (χ0v) is 35.6. The lowest BCUT2D eigenvalue weighted by Crippen LogP contribution is -2.12. The second-order valence-electron chi connectivity index (χ2n) is 14.6. The van der Waals surface area contributed by atoms with Gasteiger partial charge in [-0.05, 0) is 55.3 Å². The number of aromatic hydroxyl groups is 1. The normalized spacial score (nSPS) is 12.1. The van der Waals surface area contributed by atoms with Gasteiger partial charge in [0.1, 0.15) is 5.75 Å². The van der Waals surface area contributed by atoms with Crippen LogP contribution in [0.4, 0.5) is 0 Å². The summed E-state index contributed by atoms with van der Waals surface area (Å²) in [7, 11) is -8.41. The van der Waals surface area contributed by atoms with Crippen LogP contribution in [0, 0.1) is 0 Å². The third-order valence-electron chi connectivity index (χ3n) is 9.73. The van der Waals surface area contributed by atoms with Crippen molar-refractivity contribution in [2.24, 2.45) is 0 Å². The molecule has 0 unspecified atom stereocenters. The summed E-state index contributed by atoms with van der Waals surface area (Å²) in [5.41, 5.74) is 0. The van der Waals surface area contributed by atoms with Crippen molar-refractivity contribution < 1.29 is 30.3 Å². The van der Waals surface area contributed by atoms with Crippen molar-refractivity contribution >= 4 is 32.0 Å². The zero-order chi connectivity index (χ0) is 38.5. The number of unbranched alkanes of at least 4 members (excludes halogenated alkanes) is 25. The van der Waals surface area contributed by atoms with Crippen LogP contribution in [0.2, 0.25) is 0 Å². The molecule has 0 aliphatic rings. The van der Waals surface area contributed by atoms with Crippen molar-refractivity contribution in [3.05, 3.63) is 42.5 Å². The number of hydrogen-bond acceptors (Lipinski definition) is 8. The van der Waals surface area contributed by atoms with E-state index in [2.05, 4.69) is 13.8 Å². The number of phenolic OH excluding ortho intramolecular Hbond substituents is 1. The Morgan fingerprint density at radius 2 is 0.736 bits per heavy atom. The summed E-state index contributed by atoms with van der Waals surface area (Å²) in [6, 6.07) is 10.4. The van der Waals surface area contributed by atoms with Gasteiger partial charge in [-0.25, -0.2) is 0 Å². The van der Waals surface area contributed by atoms with Crippen LogP contribution in [-0.4, -0.2) is 35.2 Å². The first kappa shape index (κ1) is 47.6. The summed E-state index contributed by atoms with van der Waals surface area (Å²) in [5, 5.41) is 9.68. The van der Waals surface area contributed by atoms with Crippen LogP contribution in [-0.2, 0) is 28.6 Å². The Morgan fingerprint density at radius 1 is 0.434 bits per heavy atom. The highest BCUT2D eigenvalue weighted by molar-refractivity contribution is 7.99. The molecule has 0 aromatic heterocycles. The molecule has 53 heavy (non-hydrogen) atoms. The van der Waals surface area contributed by atoms with Gasteiger partial charge >= 0.3 is 0 Å². The van der Waals surface area contributed by atoms with E-state index in [0.29, 0.717) is 17.7 Å². The molecular formula is C43H72O7S3. The standard InChI is InChI=1S/C43H72O7S3/c1-3-5-7-9-11-13-15-17-18-19-21-23-25-27-29-35-50-53(47,48)43-37-41(51-40-32-30-39(44)31-33-40)36-42(38-43)52(45,46)49-34-28-26-24-22-20-16-14-12-10-8-6-4-2/h30-33,36-38,44H,3-29,34-35H2,1-2H3.